The third-order valence-corrected chi connectivity index (χ3v) is 4.07. The summed E-state index contributed by atoms with van der Waals surface area (Å²) in [7, 11) is -5.76. The molecule has 2 rings (SSSR count). The minimum atomic E-state index is -5.76. The molecule has 0 fully saturated rings. The van der Waals surface area contributed by atoms with Crippen LogP contribution in [0.2, 0.25) is 0 Å². The fourth-order valence-electron chi connectivity index (χ4n) is 2.09. The predicted molar refractivity (Wildman–Crippen MR) is 79.9 cm³/mol. The number of fused-ring (bicyclic) bond motifs is 1. The molecule has 0 spiro atoms. The number of carbonyl (C=O) groups excluding carboxylic acids is 1. The predicted octanol–water partition coefficient (Wildman–Crippen LogP) is 3.17. The van der Waals surface area contributed by atoms with Crippen LogP contribution in [-0.4, -0.2) is 26.5 Å². The molecule has 0 unspecified atom stereocenters. The third kappa shape index (κ3) is 4.16. The van der Waals surface area contributed by atoms with Crippen molar-refractivity contribution >= 4 is 26.9 Å². The summed E-state index contributed by atoms with van der Waals surface area (Å²) in [5.41, 5.74) is -5.02. The summed E-state index contributed by atoms with van der Waals surface area (Å²) >= 11 is 0. The van der Waals surface area contributed by atoms with E-state index in [0.29, 0.717) is 16.3 Å². The first-order valence-corrected chi connectivity index (χ1v) is 8.17. The van der Waals surface area contributed by atoms with Gasteiger partial charge in [-0.15, -0.1) is 0 Å². The summed E-state index contributed by atoms with van der Waals surface area (Å²) in [6.45, 7) is 1.24. The van der Waals surface area contributed by atoms with Crippen LogP contribution in [0.15, 0.2) is 36.4 Å². The largest absolute Gasteiger partial charge is 0.534 e. The Labute approximate surface area is 136 Å². The highest BCUT2D eigenvalue weighted by Gasteiger charge is 2.48. The molecular weight excluding hydrogens is 349 g/mol. The maximum absolute atomic E-state index is 12.5. The average molecular weight is 362 g/mol. The van der Waals surface area contributed by atoms with Gasteiger partial charge in [-0.05, 0) is 28.5 Å². The lowest BCUT2D eigenvalue weighted by molar-refractivity contribution is -0.140. The Kier molecular flexibility index (Phi) is 5.02. The van der Waals surface area contributed by atoms with Crippen LogP contribution in [0.3, 0.4) is 0 Å². The van der Waals surface area contributed by atoms with E-state index in [2.05, 4.69) is 4.18 Å². The van der Waals surface area contributed by atoms with Gasteiger partial charge in [-0.2, -0.15) is 21.6 Å². The third-order valence-electron chi connectivity index (χ3n) is 3.09. The van der Waals surface area contributed by atoms with Gasteiger partial charge in [0.05, 0.1) is 6.61 Å². The van der Waals surface area contributed by atoms with Crippen molar-refractivity contribution in [2.24, 2.45) is 0 Å². The molecule has 0 heterocycles. The van der Waals surface area contributed by atoms with Gasteiger partial charge in [0.25, 0.3) is 0 Å². The lowest BCUT2D eigenvalue weighted by Gasteiger charge is -2.13. The molecule has 0 aliphatic rings. The molecule has 0 radical (unpaired) electrons. The van der Waals surface area contributed by atoms with E-state index < -0.39 is 27.3 Å². The summed E-state index contributed by atoms with van der Waals surface area (Å²) in [6, 6.07) is 9.10. The topological polar surface area (TPSA) is 69.7 Å². The number of alkyl halides is 3. The fraction of sp³-hybridized carbons (Fsp3) is 0.267. The second-order valence-electron chi connectivity index (χ2n) is 4.88. The monoisotopic (exact) mass is 362 g/mol. The molecule has 0 saturated carbocycles. The SMILES string of the molecule is CC(=O)OCCc1cc(OS(=O)(=O)C(F)(F)F)cc2ccccc12. The summed E-state index contributed by atoms with van der Waals surface area (Å²) in [5.74, 6) is -0.949. The Hall–Kier alpha value is -2.29. The second kappa shape index (κ2) is 6.68. The minimum absolute atomic E-state index is 0.00873. The first-order chi connectivity index (χ1) is 11.1. The van der Waals surface area contributed by atoms with E-state index in [1.165, 1.54) is 19.1 Å². The molecule has 2 aromatic rings. The standard InChI is InChI=1S/C15H13F3O5S/c1-10(19)22-7-6-12-9-13(23-24(20,21)15(16,17)18)8-11-4-2-3-5-14(11)12/h2-5,8-9H,6-7H2,1H3. The summed E-state index contributed by atoms with van der Waals surface area (Å²) in [6.07, 6.45) is 0.198. The molecule has 0 amide bonds. The molecule has 0 bridgehead atoms. The minimum Gasteiger partial charge on any atom is -0.466 e. The normalized spacial score (nSPS) is 12.2. The van der Waals surface area contributed by atoms with E-state index in [1.807, 2.05) is 0 Å². The van der Waals surface area contributed by atoms with Crippen LogP contribution in [-0.2, 0) is 26.1 Å². The van der Waals surface area contributed by atoms with Gasteiger partial charge >= 0.3 is 21.6 Å². The van der Waals surface area contributed by atoms with Crippen molar-refractivity contribution in [3.8, 4) is 5.75 Å². The molecule has 0 saturated heterocycles. The van der Waals surface area contributed by atoms with Crippen molar-refractivity contribution in [3.05, 3.63) is 42.0 Å². The smallest absolute Gasteiger partial charge is 0.466 e. The zero-order valence-corrected chi connectivity index (χ0v) is 13.3. The highest BCUT2D eigenvalue weighted by molar-refractivity contribution is 7.88. The maximum atomic E-state index is 12.5. The molecule has 2 aromatic carbocycles. The van der Waals surface area contributed by atoms with Gasteiger partial charge < -0.3 is 8.92 Å². The number of halogens is 3. The van der Waals surface area contributed by atoms with Crippen LogP contribution < -0.4 is 4.18 Å². The number of benzene rings is 2. The number of rotatable bonds is 5. The van der Waals surface area contributed by atoms with Gasteiger partial charge in [-0.1, -0.05) is 24.3 Å². The summed E-state index contributed by atoms with van der Waals surface area (Å²) < 4.78 is 68.7. The van der Waals surface area contributed by atoms with Crippen LogP contribution >= 0.6 is 0 Å². The van der Waals surface area contributed by atoms with Crippen LogP contribution in [0.4, 0.5) is 13.2 Å². The first kappa shape index (κ1) is 18.1. The molecular formula is C15H13F3O5S. The molecule has 0 atom stereocenters. The van der Waals surface area contributed by atoms with Gasteiger partial charge in [0.1, 0.15) is 5.75 Å². The van der Waals surface area contributed by atoms with Crippen molar-refractivity contribution < 1.29 is 35.3 Å². The number of hydrogen-bond acceptors (Lipinski definition) is 5. The van der Waals surface area contributed by atoms with E-state index in [4.69, 9.17) is 4.74 Å². The first-order valence-electron chi connectivity index (χ1n) is 6.76. The highest BCUT2D eigenvalue weighted by atomic mass is 32.2. The fourth-order valence-corrected chi connectivity index (χ4v) is 2.54. The van der Waals surface area contributed by atoms with E-state index >= 15 is 0 Å². The molecule has 0 aliphatic heterocycles. The van der Waals surface area contributed by atoms with Gasteiger partial charge in [-0.3, -0.25) is 4.79 Å². The summed E-state index contributed by atoms with van der Waals surface area (Å²) in [5, 5.41) is 1.20. The molecule has 9 heteroatoms. The van der Waals surface area contributed by atoms with Crippen LogP contribution in [0.5, 0.6) is 5.75 Å². The zero-order chi connectivity index (χ0) is 18.0. The quantitative estimate of drug-likeness (QED) is 0.464. The number of esters is 1. The lowest BCUT2D eigenvalue weighted by Crippen LogP contribution is -2.28. The number of ether oxygens (including phenoxy) is 1. The number of carbonyl (C=O) groups is 1. The molecule has 0 aliphatic carbocycles. The van der Waals surface area contributed by atoms with E-state index in [9.17, 15) is 26.4 Å². The van der Waals surface area contributed by atoms with Gasteiger partial charge in [-0.25, -0.2) is 0 Å². The van der Waals surface area contributed by atoms with Crippen molar-refractivity contribution in [2.75, 3.05) is 6.61 Å². The Morgan fingerprint density at radius 1 is 1.17 bits per heavy atom. The van der Waals surface area contributed by atoms with Crippen LogP contribution in [0.25, 0.3) is 10.8 Å². The Morgan fingerprint density at radius 2 is 1.83 bits per heavy atom. The Balaban J connectivity index is 2.40. The molecule has 130 valence electrons. The Morgan fingerprint density at radius 3 is 2.46 bits per heavy atom. The average Bonchev–Trinajstić information content (AvgIpc) is 2.45. The van der Waals surface area contributed by atoms with E-state index in [0.717, 1.165) is 0 Å². The molecule has 24 heavy (non-hydrogen) atoms. The van der Waals surface area contributed by atoms with Crippen molar-refractivity contribution in [1.82, 2.24) is 0 Å². The van der Waals surface area contributed by atoms with Crippen molar-refractivity contribution in [3.63, 3.8) is 0 Å². The van der Waals surface area contributed by atoms with E-state index in [-0.39, 0.29) is 13.0 Å². The van der Waals surface area contributed by atoms with Crippen LogP contribution in [0.1, 0.15) is 12.5 Å². The van der Waals surface area contributed by atoms with Gasteiger partial charge in [0.15, 0.2) is 0 Å². The summed E-state index contributed by atoms with van der Waals surface area (Å²) in [4.78, 5) is 10.8. The Bertz CT molecular complexity index is 859. The van der Waals surface area contributed by atoms with Crippen molar-refractivity contribution in [1.29, 1.82) is 0 Å². The molecule has 0 N–H and O–H groups in total. The van der Waals surface area contributed by atoms with Gasteiger partial charge in [0, 0.05) is 13.3 Å². The molecule has 0 aromatic heterocycles. The van der Waals surface area contributed by atoms with Crippen molar-refractivity contribution in [2.45, 2.75) is 18.9 Å². The lowest BCUT2D eigenvalue weighted by atomic mass is 10.0. The maximum Gasteiger partial charge on any atom is 0.534 e. The zero-order valence-electron chi connectivity index (χ0n) is 12.5. The number of hydrogen-bond donors (Lipinski definition) is 0. The highest BCUT2D eigenvalue weighted by Crippen LogP contribution is 2.31. The van der Waals surface area contributed by atoms with Gasteiger partial charge in [0.2, 0.25) is 0 Å². The second-order valence-corrected chi connectivity index (χ2v) is 6.41. The van der Waals surface area contributed by atoms with E-state index in [1.54, 1.807) is 24.3 Å². The molecule has 5 nitrogen and oxygen atoms in total. The van der Waals surface area contributed by atoms with Crippen LogP contribution in [0, 0.1) is 0 Å².